The Morgan fingerprint density at radius 3 is 1.88 bits per heavy atom. The predicted octanol–water partition coefficient (Wildman–Crippen LogP) is 6.05. The zero-order valence-corrected chi connectivity index (χ0v) is 24.1. The third-order valence-corrected chi connectivity index (χ3v) is 9.90. The van der Waals surface area contributed by atoms with Gasteiger partial charge in [-0.1, -0.05) is 77.0 Å². The van der Waals surface area contributed by atoms with Crippen LogP contribution < -0.4 is 10.6 Å². The quantitative estimate of drug-likeness (QED) is 0.437. The van der Waals surface area contributed by atoms with Crippen LogP contribution in [0.15, 0.2) is 18.2 Å². The first-order chi connectivity index (χ1) is 19.5. The summed E-state index contributed by atoms with van der Waals surface area (Å²) < 4.78 is 0. The molecule has 0 bridgehead atoms. The molecule has 2 N–H and O–H groups in total. The summed E-state index contributed by atoms with van der Waals surface area (Å²) in [6.45, 7) is 0.288. The molecule has 3 fully saturated rings. The number of carbonyl (C=O) groups excluding carboxylic acids is 4. The lowest BCUT2D eigenvalue weighted by Gasteiger charge is -2.36. The Kier molecular flexibility index (Phi) is 9.92. The third-order valence-electron chi connectivity index (χ3n) is 9.90. The van der Waals surface area contributed by atoms with Crippen molar-refractivity contribution in [3.8, 4) is 0 Å². The average Bonchev–Trinajstić information content (AvgIpc) is 3.25. The molecule has 1 aromatic rings. The summed E-state index contributed by atoms with van der Waals surface area (Å²) in [5.74, 6) is 0.0905. The molecule has 40 heavy (non-hydrogen) atoms. The van der Waals surface area contributed by atoms with Gasteiger partial charge in [0.25, 0.3) is 11.8 Å². The van der Waals surface area contributed by atoms with Crippen LogP contribution in [-0.4, -0.2) is 40.6 Å². The predicted molar refractivity (Wildman–Crippen MR) is 155 cm³/mol. The molecule has 0 aromatic heterocycles. The van der Waals surface area contributed by atoms with Gasteiger partial charge < -0.3 is 10.2 Å². The SMILES string of the molecule is O=C1CCC(N2Cc3cc(C(=O)NC(C4CCCCCCCCC4)C4CCCCCCC4)ccc3C2=O)C(=O)N1. The monoisotopic (exact) mass is 549 g/mol. The molecule has 1 saturated heterocycles. The van der Waals surface area contributed by atoms with Crippen molar-refractivity contribution < 1.29 is 19.2 Å². The van der Waals surface area contributed by atoms with Crippen molar-refractivity contribution >= 4 is 23.6 Å². The summed E-state index contributed by atoms with van der Waals surface area (Å²) in [4.78, 5) is 52.5. The lowest BCUT2D eigenvalue weighted by molar-refractivity contribution is -0.136. The third kappa shape index (κ3) is 6.95. The molecule has 2 aliphatic heterocycles. The van der Waals surface area contributed by atoms with Crippen LogP contribution in [0.2, 0.25) is 0 Å². The maximum absolute atomic E-state index is 13.8. The first-order valence-corrected chi connectivity index (χ1v) is 16.1. The van der Waals surface area contributed by atoms with Gasteiger partial charge >= 0.3 is 0 Å². The zero-order chi connectivity index (χ0) is 27.9. The normalized spacial score (nSPS) is 24.9. The van der Waals surface area contributed by atoms with E-state index in [2.05, 4.69) is 10.6 Å². The van der Waals surface area contributed by atoms with Gasteiger partial charge in [-0.15, -0.1) is 0 Å². The molecule has 2 saturated carbocycles. The Balaban J connectivity index is 1.32. The molecule has 7 nitrogen and oxygen atoms in total. The van der Waals surface area contributed by atoms with Gasteiger partial charge in [0.2, 0.25) is 11.8 Å². The first-order valence-electron chi connectivity index (χ1n) is 16.1. The minimum atomic E-state index is -0.647. The van der Waals surface area contributed by atoms with Crippen LogP contribution in [0, 0.1) is 11.8 Å². The van der Waals surface area contributed by atoms with Gasteiger partial charge in [-0.25, -0.2) is 0 Å². The van der Waals surface area contributed by atoms with Gasteiger partial charge in [-0.2, -0.15) is 0 Å². The van der Waals surface area contributed by atoms with E-state index in [-0.39, 0.29) is 36.7 Å². The molecular formula is C33H47N3O4. The van der Waals surface area contributed by atoms with Gasteiger partial charge in [0, 0.05) is 30.1 Å². The number of nitrogens with one attached hydrogen (secondary N) is 2. The Morgan fingerprint density at radius 2 is 1.32 bits per heavy atom. The molecule has 2 aliphatic carbocycles. The van der Waals surface area contributed by atoms with Crippen LogP contribution in [0.25, 0.3) is 0 Å². The lowest BCUT2D eigenvalue weighted by Crippen LogP contribution is -2.52. The molecule has 4 aliphatic rings. The average molecular weight is 550 g/mol. The lowest BCUT2D eigenvalue weighted by atomic mass is 9.76. The highest BCUT2D eigenvalue weighted by Gasteiger charge is 2.39. The number of imide groups is 1. The van der Waals surface area contributed by atoms with E-state index in [4.69, 9.17) is 0 Å². The zero-order valence-electron chi connectivity index (χ0n) is 24.1. The second kappa shape index (κ2) is 13.8. The molecule has 2 heterocycles. The number of piperidine rings is 1. The first kappa shape index (κ1) is 28.8. The highest BCUT2D eigenvalue weighted by Crippen LogP contribution is 2.34. The molecular weight excluding hydrogens is 502 g/mol. The summed E-state index contributed by atoms with van der Waals surface area (Å²) in [6.07, 6.45) is 20.9. The summed E-state index contributed by atoms with van der Waals surface area (Å²) in [6, 6.07) is 4.90. The van der Waals surface area contributed by atoms with Crippen molar-refractivity contribution in [2.75, 3.05) is 0 Å². The molecule has 2 unspecified atom stereocenters. The van der Waals surface area contributed by atoms with Gasteiger partial charge in [-0.05, 0) is 67.7 Å². The number of hydrogen-bond donors (Lipinski definition) is 2. The second-order valence-corrected chi connectivity index (χ2v) is 12.7. The fourth-order valence-corrected chi connectivity index (χ4v) is 7.62. The molecule has 1 aromatic carbocycles. The Hall–Kier alpha value is -2.70. The van der Waals surface area contributed by atoms with Crippen molar-refractivity contribution in [2.24, 2.45) is 11.8 Å². The largest absolute Gasteiger partial charge is 0.349 e. The maximum Gasteiger partial charge on any atom is 0.255 e. The number of benzene rings is 1. The summed E-state index contributed by atoms with van der Waals surface area (Å²) >= 11 is 0. The van der Waals surface area contributed by atoms with E-state index in [0.29, 0.717) is 29.4 Å². The van der Waals surface area contributed by atoms with Crippen LogP contribution in [0.5, 0.6) is 0 Å². The standard InChI is InChI=1S/C33H47N3O4/c37-29-20-19-28(32(39)34-29)36-22-26-21-25(17-18-27(26)33(36)40)31(38)35-30(24-15-11-7-4-8-12-16-24)23-13-9-5-2-1-3-6-10-14-23/h17-18,21,23-24,28,30H,1-16,19-20,22H2,(H,35,38)(H,34,37,39). The number of fused-ring (bicyclic) bond motifs is 1. The van der Waals surface area contributed by atoms with Crippen molar-refractivity contribution in [1.29, 1.82) is 0 Å². The fraction of sp³-hybridized carbons (Fsp3) is 0.697. The topological polar surface area (TPSA) is 95.6 Å². The minimum Gasteiger partial charge on any atom is -0.349 e. The summed E-state index contributed by atoms with van der Waals surface area (Å²) in [5.41, 5.74) is 1.92. The van der Waals surface area contributed by atoms with Gasteiger partial charge in [-0.3, -0.25) is 24.5 Å². The highest BCUT2D eigenvalue weighted by molar-refractivity contribution is 6.06. The van der Waals surface area contributed by atoms with Gasteiger partial charge in [0.1, 0.15) is 6.04 Å². The van der Waals surface area contributed by atoms with Crippen LogP contribution in [0.3, 0.4) is 0 Å². The molecule has 7 heteroatoms. The number of rotatable bonds is 5. The van der Waals surface area contributed by atoms with E-state index in [9.17, 15) is 19.2 Å². The number of amides is 4. The van der Waals surface area contributed by atoms with Gasteiger partial charge in [0.15, 0.2) is 0 Å². The van der Waals surface area contributed by atoms with E-state index in [1.807, 2.05) is 6.07 Å². The Morgan fingerprint density at radius 1 is 0.775 bits per heavy atom. The van der Waals surface area contributed by atoms with Crippen molar-refractivity contribution in [2.45, 2.75) is 134 Å². The molecule has 0 radical (unpaired) electrons. The molecule has 218 valence electrons. The van der Waals surface area contributed by atoms with Gasteiger partial charge in [0.05, 0.1) is 0 Å². The maximum atomic E-state index is 13.8. The van der Waals surface area contributed by atoms with Crippen LogP contribution in [-0.2, 0) is 16.1 Å². The fourth-order valence-electron chi connectivity index (χ4n) is 7.62. The van der Waals surface area contributed by atoms with Crippen molar-refractivity contribution in [3.05, 3.63) is 34.9 Å². The van der Waals surface area contributed by atoms with Crippen LogP contribution in [0.4, 0.5) is 0 Å². The van der Waals surface area contributed by atoms with Crippen LogP contribution in [0.1, 0.15) is 142 Å². The van der Waals surface area contributed by atoms with Crippen LogP contribution >= 0.6 is 0 Å². The van der Waals surface area contributed by atoms with Crippen molar-refractivity contribution in [1.82, 2.24) is 15.5 Å². The second-order valence-electron chi connectivity index (χ2n) is 12.7. The van der Waals surface area contributed by atoms with E-state index >= 15 is 0 Å². The molecule has 4 amide bonds. The van der Waals surface area contributed by atoms with E-state index in [1.165, 1.54) is 103 Å². The van der Waals surface area contributed by atoms with E-state index in [1.54, 1.807) is 17.0 Å². The molecule has 0 spiro atoms. The van der Waals surface area contributed by atoms with E-state index in [0.717, 1.165) is 5.56 Å². The molecule has 5 rings (SSSR count). The number of carbonyl (C=O) groups is 4. The number of hydrogen-bond acceptors (Lipinski definition) is 4. The van der Waals surface area contributed by atoms with Crippen molar-refractivity contribution in [3.63, 3.8) is 0 Å². The summed E-state index contributed by atoms with van der Waals surface area (Å²) in [7, 11) is 0. The summed E-state index contributed by atoms with van der Waals surface area (Å²) in [5, 5.41) is 5.91. The highest BCUT2D eigenvalue weighted by atomic mass is 16.2. The Bertz CT molecular complexity index is 1070. The van der Waals surface area contributed by atoms with E-state index < -0.39 is 11.9 Å². The molecule has 2 atom stereocenters. The number of nitrogens with zero attached hydrogens (tertiary/aromatic N) is 1. The Labute approximate surface area is 239 Å². The minimum absolute atomic E-state index is 0.0427. The smallest absolute Gasteiger partial charge is 0.255 e.